The number of amides is 1. The first-order valence-electron chi connectivity index (χ1n) is 6.32. The van der Waals surface area contributed by atoms with Crippen LogP contribution >= 0.6 is 11.3 Å². The monoisotopic (exact) mass is 283 g/mol. The van der Waals surface area contributed by atoms with E-state index in [0.29, 0.717) is 10.9 Å². The van der Waals surface area contributed by atoms with Crippen LogP contribution in [0.3, 0.4) is 0 Å². The Morgan fingerprint density at radius 2 is 1.95 bits per heavy atom. The molecule has 0 aromatic carbocycles. The Labute approximate surface area is 115 Å². The second kappa shape index (κ2) is 6.12. The molecular weight excluding hydrogens is 266 g/mol. The van der Waals surface area contributed by atoms with Gasteiger partial charge in [-0.25, -0.2) is 0 Å². The highest BCUT2D eigenvalue weighted by Gasteiger charge is 2.23. The van der Waals surface area contributed by atoms with Crippen molar-refractivity contribution in [2.45, 2.75) is 37.8 Å². The molecule has 0 atom stereocenters. The first kappa shape index (κ1) is 14.0. The standard InChI is InChI=1S/C12H17N3O3S/c1-13-8-2-4-9(5-3-8)14-12(16)10-6-7-11(19-10)15(17)18/h6-9,13H,2-5H2,1H3,(H,14,16). The van der Waals surface area contributed by atoms with E-state index in [1.807, 2.05) is 7.05 Å². The molecule has 19 heavy (non-hydrogen) atoms. The van der Waals surface area contributed by atoms with E-state index in [1.54, 1.807) is 0 Å². The van der Waals surface area contributed by atoms with Gasteiger partial charge in [0, 0.05) is 18.2 Å². The van der Waals surface area contributed by atoms with Gasteiger partial charge in [-0.2, -0.15) is 0 Å². The molecule has 1 fully saturated rings. The molecule has 1 aliphatic rings. The molecule has 1 amide bonds. The van der Waals surface area contributed by atoms with Crippen LogP contribution in [-0.4, -0.2) is 30.0 Å². The molecule has 1 aliphatic carbocycles. The SMILES string of the molecule is CNC1CCC(NC(=O)c2ccc([N+](=O)[O-])s2)CC1. The molecular formula is C12H17N3O3S. The summed E-state index contributed by atoms with van der Waals surface area (Å²) in [6.07, 6.45) is 3.99. The third-order valence-corrected chi connectivity index (χ3v) is 4.50. The maximum Gasteiger partial charge on any atom is 0.324 e. The molecule has 104 valence electrons. The zero-order valence-corrected chi connectivity index (χ0v) is 11.5. The fourth-order valence-electron chi connectivity index (χ4n) is 2.33. The molecule has 0 bridgehead atoms. The summed E-state index contributed by atoms with van der Waals surface area (Å²) in [6.45, 7) is 0. The summed E-state index contributed by atoms with van der Waals surface area (Å²) >= 11 is 0.919. The molecule has 0 unspecified atom stereocenters. The van der Waals surface area contributed by atoms with Crippen molar-refractivity contribution in [1.29, 1.82) is 0 Å². The van der Waals surface area contributed by atoms with Crippen LogP contribution in [-0.2, 0) is 0 Å². The maximum absolute atomic E-state index is 12.0. The predicted octanol–water partition coefficient (Wildman–Crippen LogP) is 1.92. The Bertz CT molecular complexity index is 467. The van der Waals surface area contributed by atoms with E-state index in [-0.39, 0.29) is 17.0 Å². The van der Waals surface area contributed by atoms with Crippen LogP contribution in [0.25, 0.3) is 0 Å². The van der Waals surface area contributed by atoms with Crippen LogP contribution in [0.1, 0.15) is 35.4 Å². The molecule has 0 radical (unpaired) electrons. The first-order valence-corrected chi connectivity index (χ1v) is 7.14. The number of hydrogen-bond acceptors (Lipinski definition) is 5. The van der Waals surface area contributed by atoms with E-state index in [1.165, 1.54) is 12.1 Å². The van der Waals surface area contributed by atoms with Crippen LogP contribution in [0.4, 0.5) is 5.00 Å². The minimum atomic E-state index is -0.473. The van der Waals surface area contributed by atoms with Crippen molar-refractivity contribution in [3.8, 4) is 0 Å². The number of rotatable bonds is 4. The third kappa shape index (κ3) is 3.51. The lowest BCUT2D eigenvalue weighted by molar-refractivity contribution is -0.380. The van der Waals surface area contributed by atoms with Gasteiger partial charge < -0.3 is 10.6 Å². The van der Waals surface area contributed by atoms with E-state index in [0.717, 1.165) is 37.0 Å². The number of nitrogens with one attached hydrogen (secondary N) is 2. The zero-order valence-electron chi connectivity index (χ0n) is 10.7. The van der Waals surface area contributed by atoms with E-state index < -0.39 is 4.92 Å². The highest BCUT2D eigenvalue weighted by molar-refractivity contribution is 7.17. The Balaban J connectivity index is 1.88. The lowest BCUT2D eigenvalue weighted by atomic mass is 9.91. The van der Waals surface area contributed by atoms with Gasteiger partial charge in [-0.05, 0) is 38.8 Å². The summed E-state index contributed by atoms with van der Waals surface area (Å²) < 4.78 is 0. The maximum atomic E-state index is 12.0. The minimum Gasteiger partial charge on any atom is -0.349 e. The van der Waals surface area contributed by atoms with Crippen LogP contribution in [0.2, 0.25) is 0 Å². The molecule has 1 aromatic heterocycles. The minimum absolute atomic E-state index is 0.00374. The van der Waals surface area contributed by atoms with Crippen molar-refractivity contribution >= 4 is 22.2 Å². The number of hydrogen-bond donors (Lipinski definition) is 2. The van der Waals surface area contributed by atoms with Gasteiger partial charge in [0.05, 0.1) is 9.80 Å². The molecule has 0 spiro atoms. The molecule has 1 aromatic rings. The Morgan fingerprint density at radius 3 is 2.47 bits per heavy atom. The van der Waals surface area contributed by atoms with E-state index in [4.69, 9.17) is 0 Å². The summed E-state index contributed by atoms with van der Waals surface area (Å²) in [7, 11) is 1.95. The third-order valence-electron chi connectivity index (χ3n) is 3.47. The number of nitro groups is 1. The largest absolute Gasteiger partial charge is 0.349 e. The van der Waals surface area contributed by atoms with Crippen molar-refractivity contribution in [2.24, 2.45) is 0 Å². The number of carbonyl (C=O) groups excluding carboxylic acids is 1. The molecule has 0 saturated heterocycles. The second-order valence-electron chi connectivity index (χ2n) is 4.71. The normalized spacial score (nSPS) is 23.0. The van der Waals surface area contributed by atoms with Crippen LogP contribution < -0.4 is 10.6 Å². The van der Waals surface area contributed by atoms with Crippen molar-refractivity contribution in [3.63, 3.8) is 0 Å². The topological polar surface area (TPSA) is 84.3 Å². The molecule has 0 aliphatic heterocycles. The second-order valence-corrected chi connectivity index (χ2v) is 5.77. The zero-order chi connectivity index (χ0) is 13.8. The number of carbonyl (C=O) groups is 1. The molecule has 1 heterocycles. The summed E-state index contributed by atoms with van der Waals surface area (Å²) in [5.41, 5.74) is 0. The molecule has 6 nitrogen and oxygen atoms in total. The Hall–Kier alpha value is -1.47. The molecule has 2 N–H and O–H groups in total. The van der Waals surface area contributed by atoms with Crippen LogP contribution in [0.15, 0.2) is 12.1 Å². The number of thiophene rings is 1. The average molecular weight is 283 g/mol. The quantitative estimate of drug-likeness (QED) is 0.653. The highest BCUT2D eigenvalue weighted by Crippen LogP contribution is 2.25. The van der Waals surface area contributed by atoms with Gasteiger partial charge in [0.25, 0.3) is 5.91 Å². The number of nitrogens with zero attached hydrogens (tertiary/aromatic N) is 1. The lowest BCUT2D eigenvalue weighted by Crippen LogP contribution is -2.41. The predicted molar refractivity (Wildman–Crippen MR) is 73.5 cm³/mol. The van der Waals surface area contributed by atoms with Gasteiger partial charge in [-0.15, -0.1) is 0 Å². The van der Waals surface area contributed by atoms with Crippen molar-refractivity contribution in [2.75, 3.05) is 7.05 Å². The molecule has 2 rings (SSSR count). The fraction of sp³-hybridized carbons (Fsp3) is 0.583. The van der Waals surface area contributed by atoms with Gasteiger partial charge in [0.2, 0.25) is 0 Å². The lowest BCUT2D eigenvalue weighted by Gasteiger charge is -2.28. The summed E-state index contributed by atoms with van der Waals surface area (Å²) in [5.74, 6) is -0.203. The Morgan fingerprint density at radius 1 is 1.32 bits per heavy atom. The van der Waals surface area contributed by atoms with Gasteiger partial charge >= 0.3 is 5.00 Å². The molecule has 7 heteroatoms. The van der Waals surface area contributed by atoms with Gasteiger partial charge in [-0.3, -0.25) is 14.9 Å². The van der Waals surface area contributed by atoms with Crippen LogP contribution in [0.5, 0.6) is 0 Å². The highest BCUT2D eigenvalue weighted by atomic mass is 32.1. The summed E-state index contributed by atoms with van der Waals surface area (Å²) in [5, 5.41) is 16.8. The van der Waals surface area contributed by atoms with E-state index in [9.17, 15) is 14.9 Å². The van der Waals surface area contributed by atoms with Gasteiger partial charge in [0.15, 0.2) is 0 Å². The Kier molecular flexibility index (Phi) is 4.49. The van der Waals surface area contributed by atoms with E-state index in [2.05, 4.69) is 10.6 Å². The van der Waals surface area contributed by atoms with Crippen molar-refractivity contribution in [1.82, 2.24) is 10.6 Å². The summed E-state index contributed by atoms with van der Waals surface area (Å²) in [4.78, 5) is 22.5. The van der Waals surface area contributed by atoms with Gasteiger partial charge in [0.1, 0.15) is 0 Å². The van der Waals surface area contributed by atoms with Crippen LogP contribution in [0, 0.1) is 10.1 Å². The van der Waals surface area contributed by atoms with E-state index >= 15 is 0 Å². The fourth-order valence-corrected chi connectivity index (χ4v) is 3.05. The molecule has 1 saturated carbocycles. The first-order chi connectivity index (χ1) is 9.10. The summed E-state index contributed by atoms with van der Waals surface area (Å²) in [6, 6.07) is 3.60. The van der Waals surface area contributed by atoms with Crippen molar-refractivity contribution < 1.29 is 9.72 Å². The smallest absolute Gasteiger partial charge is 0.324 e. The van der Waals surface area contributed by atoms with Crippen molar-refractivity contribution in [3.05, 3.63) is 27.1 Å². The van der Waals surface area contributed by atoms with Gasteiger partial charge in [-0.1, -0.05) is 11.3 Å². The average Bonchev–Trinajstić information content (AvgIpc) is 2.89.